The Hall–Kier alpha value is -0.610. The molecule has 2 unspecified atom stereocenters. The molecule has 2 N–H and O–H groups in total. The molecule has 1 amide bonds. The SMILES string of the molecule is CNCCC1C(=O)NCC(C)N1C. The zero-order valence-corrected chi connectivity index (χ0v) is 8.63. The van der Waals surface area contributed by atoms with Gasteiger partial charge < -0.3 is 10.6 Å². The molecule has 0 bridgehead atoms. The number of carbonyl (C=O) groups is 1. The Morgan fingerprint density at radius 3 is 3.00 bits per heavy atom. The maximum absolute atomic E-state index is 11.5. The highest BCUT2D eigenvalue weighted by atomic mass is 16.2. The van der Waals surface area contributed by atoms with E-state index in [-0.39, 0.29) is 11.9 Å². The van der Waals surface area contributed by atoms with E-state index in [1.807, 2.05) is 14.1 Å². The number of amides is 1. The molecule has 1 heterocycles. The van der Waals surface area contributed by atoms with Gasteiger partial charge in [0.1, 0.15) is 0 Å². The molecule has 0 aromatic heterocycles. The second-order valence-electron chi connectivity index (χ2n) is 3.67. The lowest BCUT2D eigenvalue weighted by Crippen LogP contribution is -2.58. The number of nitrogens with zero attached hydrogens (tertiary/aromatic N) is 1. The van der Waals surface area contributed by atoms with Gasteiger partial charge in [-0.3, -0.25) is 9.69 Å². The van der Waals surface area contributed by atoms with Gasteiger partial charge in [0, 0.05) is 12.6 Å². The van der Waals surface area contributed by atoms with E-state index in [1.165, 1.54) is 0 Å². The Morgan fingerprint density at radius 2 is 2.38 bits per heavy atom. The molecular weight excluding hydrogens is 166 g/mol. The van der Waals surface area contributed by atoms with Crippen molar-refractivity contribution in [3.63, 3.8) is 0 Å². The van der Waals surface area contributed by atoms with Crippen LogP contribution in [0.3, 0.4) is 0 Å². The summed E-state index contributed by atoms with van der Waals surface area (Å²) in [4.78, 5) is 13.6. The number of rotatable bonds is 3. The normalized spacial score (nSPS) is 30.2. The smallest absolute Gasteiger partial charge is 0.237 e. The van der Waals surface area contributed by atoms with Gasteiger partial charge in [0.05, 0.1) is 6.04 Å². The molecule has 4 heteroatoms. The van der Waals surface area contributed by atoms with E-state index in [2.05, 4.69) is 22.5 Å². The van der Waals surface area contributed by atoms with Gasteiger partial charge in [-0.1, -0.05) is 0 Å². The largest absolute Gasteiger partial charge is 0.353 e. The van der Waals surface area contributed by atoms with Gasteiger partial charge in [-0.2, -0.15) is 0 Å². The summed E-state index contributed by atoms with van der Waals surface area (Å²) in [5.41, 5.74) is 0. The van der Waals surface area contributed by atoms with Crippen LogP contribution in [-0.2, 0) is 4.79 Å². The fourth-order valence-corrected chi connectivity index (χ4v) is 1.62. The second kappa shape index (κ2) is 4.58. The molecule has 2 atom stereocenters. The van der Waals surface area contributed by atoms with Crippen LogP contribution in [0.4, 0.5) is 0 Å². The van der Waals surface area contributed by atoms with E-state index in [4.69, 9.17) is 0 Å². The summed E-state index contributed by atoms with van der Waals surface area (Å²) in [5.74, 6) is 0.163. The number of hydrogen-bond donors (Lipinski definition) is 2. The van der Waals surface area contributed by atoms with Crippen LogP contribution in [0.15, 0.2) is 0 Å². The number of likely N-dealkylation sites (N-methyl/N-ethyl adjacent to an activating group) is 1. The minimum absolute atomic E-state index is 0.0381. The van der Waals surface area contributed by atoms with Crippen LogP contribution in [0.25, 0.3) is 0 Å². The third-order valence-electron chi connectivity index (χ3n) is 2.73. The third kappa shape index (κ3) is 2.42. The molecule has 1 rings (SSSR count). The molecular formula is C9H19N3O. The Morgan fingerprint density at radius 1 is 1.69 bits per heavy atom. The minimum atomic E-state index is 0.0381. The van der Waals surface area contributed by atoms with Crippen molar-refractivity contribution in [1.82, 2.24) is 15.5 Å². The molecule has 0 saturated carbocycles. The average Bonchev–Trinajstić information content (AvgIpc) is 2.12. The molecule has 1 fully saturated rings. The molecule has 0 aromatic carbocycles. The van der Waals surface area contributed by atoms with Gasteiger partial charge in [-0.05, 0) is 34.0 Å². The molecule has 0 aliphatic carbocycles. The summed E-state index contributed by atoms with van der Waals surface area (Å²) in [7, 11) is 3.92. The Kier molecular flexibility index (Phi) is 3.69. The number of hydrogen-bond acceptors (Lipinski definition) is 3. The summed E-state index contributed by atoms with van der Waals surface area (Å²) >= 11 is 0. The molecule has 4 nitrogen and oxygen atoms in total. The highest BCUT2D eigenvalue weighted by molar-refractivity contribution is 5.82. The monoisotopic (exact) mass is 185 g/mol. The standard InChI is InChI=1S/C9H19N3O/c1-7-6-11-9(13)8(12(7)3)4-5-10-2/h7-8,10H,4-6H2,1-3H3,(H,11,13). The summed E-state index contributed by atoms with van der Waals surface area (Å²) in [6, 6.07) is 0.482. The van der Waals surface area contributed by atoms with Crippen molar-refractivity contribution in [3.05, 3.63) is 0 Å². The molecule has 1 saturated heterocycles. The predicted octanol–water partition coefficient (Wildman–Crippen LogP) is -0.585. The van der Waals surface area contributed by atoms with E-state index >= 15 is 0 Å². The molecule has 1 aliphatic heterocycles. The number of piperazine rings is 1. The van der Waals surface area contributed by atoms with Crippen LogP contribution in [-0.4, -0.2) is 50.1 Å². The van der Waals surface area contributed by atoms with Crippen LogP contribution in [0, 0.1) is 0 Å². The van der Waals surface area contributed by atoms with Crippen LogP contribution in [0.1, 0.15) is 13.3 Å². The molecule has 0 radical (unpaired) electrons. The lowest BCUT2D eigenvalue weighted by Gasteiger charge is -2.37. The van der Waals surface area contributed by atoms with E-state index in [0.29, 0.717) is 6.04 Å². The highest BCUT2D eigenvalue weighted by Crippen LogP contribution is 2.10. The van der Waals surface area contributed by atoms with E-state index < -0.39 is 0 Å². The predicted molar refractivity (Wildman–Crippen MR) is 52.6 cm³/mol. The second-order valence-corrected chi connectivity index (χ2v) is 3.67. The quantitative estimate of drug-likeness (QED) is 0.618. The maximum atomic E-state index is 11.5. The van der Waals surface area contributed by atoms with Crippen molar-refractivity contribution in [3.8, 4) is 0 Å². The Labute approximate surface area is 79.7 Å². The van der Waals surface area contributed by atoms with Gasteiger partial charge in [0.25, 0.3) is 0 Å². The van der Waals surface area contributed by atoms with Gasteiger partial charge in [0.2, 0.25) is 5.91 Å². The molecule has 1 aliphatic rings. The van der Waals surface area contributed by atoms with Crippen LogP contribution in [0.2, 0.25) is 0 Å². The van der Waals surface area contributed by atoms with Crippen LogP contribution in [0.5, 0.6) is 0 Å². The van der Waals surface area contributed by atoms with Crippen molar-refractivity contribution in [1.29, 1.82) is 0 Å². The van der Waals surface area contributed by atoms with E-state index in [9.17, 15) is 4.79 Å². The first-order valence-electron chi connectivity index (χ1n) is 4.81. The highest BCUT2D eigenvalue weighted by Gasteiger charge is 2.30. The Balaban J connectivity index is 2.50. The average molecular weight is 185 g/mol. The zero-order chi connectivity index (χ0) is 9.84. The first-order chi connectivity index (χ1) is 6.16. The molecule has 76 valence electrons. The van der Waals surface area contributed by atoms with Gasteiger partial charge in [0.15, 0.2) is 0 Å². The third-order valence-corrected chi connectivity index (χ3v) is 2.73. The number of carbonyl (C=O) groups excluding carboxylic acids is 1. The summed E-state index contributed by atoms with van der Waals surface area (Å²) in [6.45, 7) is 3.78. The first kappa shape index (κ1) is 10.5. The molecule has 13 heavy (non-hydrogen) atoms. The lowest BCUT2D eigenvalue weighted by atomic mass is 10.1. The fourth-order valence-electron chi connectivity index (χ4n) is 1.62. The Bertz CT molecular complexity index is 184. The lowest BCUT2D eigenvalue weighted by molar-refractivity contribution is -0.130. The minimum Gasteiger partial charge on any atom is -0.353 e. The molecule has 0 aromatic rings. The fraction of sp³-hybridized carbons (Fsp3) is 0.889. The van der Waals surface area contributed by atoms with E-state index in [0.717, 1.165) is 19.5 Å². The van der Waals surface area contributed by atoms with E-state index in [1.54, 1.807) is 0 Å². The van der Waals surface area contributed by atoms with Crippen LogP contribution < -0.4 is 10.6 Å². The first-order valence-corrected chi connectivity index (χ1v) is 4.81. The van der Waals surface area contributed by atoms with Gasteiger partial charge in [-0.15, -0.1) is 0 Å². The van der Waals surface area contributed by atoms with Crippen molar-refractivity contribution >= 4 is 5.91 Å². The van der Waals surface area contributed by atoms with Crippen molar-refractivity contribution in [2.45, 2.75) is 25.4 Å². The summed E-state index contributed by atoms with van der Waals surface area (Å²) in [5, 5.41) is 5.98. The van der Waals surface area contributed by atoms with Gasteiger partial charge >= 0.3 is 0 Å². The molecule has 0 spiro atoms. The van der Waals surface area contributed by atoms with Crippen molar-refractivity contribution < 1.29 is 4.79 Å². The maximum Gasteiger partial charge on any atom is 0.237 e. The van der Waals surface area contributed by atoms with Crippen LogP contribution >= 0.6 is 0 Å². The van der Waals surface area contributed by atoms with Crippen molar-refractivity contribution in [2.75, 3.05) is 27.2 Å². The van der Waals surface area contributed by atoms with Crippen molar-refractivity contribution in [2.24, 2.45) is 0 Å². The summed E-state index contributed by atoms with van der Waals surface area (Å²) < 4.78 is 0. The van der Waals surface area contributed by atoms with Gasteiger partial charge in [-0.25, -0.2) is 0 Å². The topological polar surface area (TPSA) is 44.4 Å². The zero-order valence-electron chi connectivity index (χ0n) is 8.63. The number of nitrogens with one attached hydrogen (secondary N) is 2. The summed E-state index contributed by atoms with van der Waals surface area (Å²) in [6.07, 6.45) is 0.878.